The number of fused-ring (bicyclic) bond motifs is 1. The highest BCUT2D eigenvalue weighted by Crippen LogP contribution is 2.18. The molecule has 0 radical (unpaired) electrons. The van der Waals surface area contributed by atoms with Gasteiger partial charge in [0.05, 0.1) is 6.04 Å². The molecule has 0 spiro atoms. The van der Waals surface area contributed by atoms with Gasteiger partial charge in [0.2, 0.25) is 5.78 Å². The zero-order valence-corrected chi connectivity index (χ0v) is 19.0. The smallest absolute Gasteiger partial charge is 0.408 e. The third-order valence-electron chi connectivity index (χ3n) is 5.63. The highest BCUT2D eigenvalue weighted by Gasteiger charge is 2.33. The van der Waals surface area contributed by atoms with Gasteiger partial charge in [-0.15, -0.1) is 0 Å². The maximum absolute atomic E-state index is 13.1. The summed E-state index contributed by atoms with van der Waals surface area (Å²) in [6, 6.07) is 8.36. The molecule has 0 bridgehead atoms. The van der Waals surface area contributed by atoms with Crippen LogP contribution in [0.5, 0.6) is 0 Å². The number of rotatable bonds is 7. The van der Waals surface area contributed by atoms with Crippen molar-refractivity contribution < 1.29 is 23.9 Å². The van der Waals surface area contributed by atoms with E-state index < -0.39 is 29.7 Å². The van der Waals surface area contributed by atoms with Crippen LogP contribution in [-0.2, 0) is 38.7 Å². The summed E-state index contributed by atoms with van der Waals surface area (Å²) in [4.78, 5) is 54.8. The monoisotopic (exact) mass is 454 g/mol. The first kappa shape index (κ1) is 24.2. The molecular formula is C24H30N4O5. The summed E-state index contributed by atoms with van der Waals surface area (Å²) < 4.78 is 7.18. The molecule has 1 aromatic carbocycles. The van der Waals surface area contributed by atoms with E-state index in [0.717, 1.165) is 5.56 Å². The molecule has 2 aromatic rings. The van der Waals surface area contributed by atoms with Crippen LogP contribution in [0.4, 0.5) is 4.79 Å². The summed E-state index contributed by atoms with van der Waals surface area (Å²) >= 11 is 0. The summed E-state index contributed by atoms with van der Waals surface area (Å²) in [5.41, 5.74) is 0.827. The minimum absolute atomic E-state index is 0.0790. The maximum atomic E-state index is 13.1. The predicted octanol–water partition coefficient (Wildman–Crippen LogP) is 2.04. The molecule has 0 aliphatic carbocycles. The van der Waals surface area contributed by atoms with Gasteiger partial charge in [0, 0.05) is 44.2 Å². The third kappa shape index (κ3) is 6.74. The summed E-state index contributed by atoms with van der Waals surface area (Å²) in [5, 5.41) is 5.24. The van der Waals surface area contributed by atoms with Gasteiger partial charge >= 0.3 is 6.09 Å². The number of aromatic nitrogens is 2. The van der Waals surface area contributed by atoms with E-state index in [0.29, 0.717) is 25.3 Å². The van der Waals surface area contributed by atoms with Gasteiger partial charge in [0.25, 0.3) is 5.91 Å². The molecule has 2 unspecified atom stereocenters. The van der Waals surface area contributed by atoms with Gasteiger partial charge in [-0.3, -0.25) is 14.4 Å². The molecule has 176 valence electrons. The van der Waals surface area contributed by atoms with Crippen LogP contribution in [0.3, 0.4) is 0 Å². The average molecular weight is 455 g/mol. The van der Waals surface area contributed by atoms with E-state index in [2.05, 4.69) is 15.6 Å². The number of alkyl carbamates (subject to hydrolysis) is 1. The van der Waals surface area contributed by atoms with E-state index in [9.17, 15) is 19.2 Å². The van der Waals surface area contributed by atoms with Crippen LogP contribution in [0, 0.1) is 11.8 Å². The standard InChI is InChI=1S/C24H30N4O5/c1-16(2)21(27-24(32)33-15-17-7-4-3-5-8-17)19(29)13-18-14-20-25-10-12-28(20)11-6-9-26-23(31)22(18)30/h3-5,7-8,10,12,16,18,21H,6,9,11,13-15H2,1-2H3,(H,26,31)(H,27,32). The van der Waals surface area contributed by atoms with Crippen molar-refractivity contribution in [3.8, 4) is 0 Å². The fourth-order valence-electron chi connectivity index (χ4n) is 3.82. The first-order chi connectivity index (χ1) is 15.8. The molecule has 33 heavy (non-hydrogen) atoms. The Kier molecular flexibility index (Phi) is 8.34. The Morgan fingerprint density at radius 2 is 2.00 bits per heavy atom. The fraction of sp³-hybridized carbons (Fsp3) is 0.458. The number of aryl methyl sites for hydroxylation is 1. The van der Waals surface area contributed by atoms with Crippen molar-refractivity contribution >= 4 is 23.6 Å². The Hall–Kier alpha value is -3.49. The molecule has 1 aromatic heterocycles. The second-order valence-electron chi connectivity index (χ2n) is 8.51. The number of carbonyl (C=O) groups is 4. The molecule has 9 nitrogen and oxygen atoms in total. The van der Waals surface area contributed by atoms with Crippen molar-refractivity contribution in [1.29, 1.82) is 0 Å². The molecule has 1 aliphatic rings. The second kappa shape index (κ2) is 11.4. The molecule has 2 N–H and O–H groups in total. The normalized spacial score (nSPS) is 17.6. The number of nitrogens with one attached hydrogen (secondary N) is 2. The number of ether oxygens (including phenoxy) is 1. The topological polar surface area (TPSA) is 119 Å². The van der Waals surface area contributed by atoms with Crippen molar-refractivity contribution in [2.45, 2.75) is 52.3 Å². The largest absolute Gasteiger partial charge is 0.445 e. The first-order valence-electron chi connectivity index (χ1n) is 11.2. The molecule has 2 amide bonds. The molecule has 2 atom stereocenters. The lowest BCUT2D eigenvalue weighted by molar-refractivity contribution is -0.141. The van der Waals surface area contributed by atoms with Gasteiger partial charge in [-0.25, -0.2) is 9.78 Å². The number of amides is 2. The van der Waals surface area contributed by atoms with Crippen molar-refractivity contribution in [3.05, 3.63) is 54.1 Å². The Morgan fingerprint density at radius 3 is 2.73 bits per heavy atom. The van der Waals surface area contributed by atoms with Gasteiger partial charge in [-0.1, -0.05) is 44.2 Å². The second-order valence-corrected chi connectivity index (χ2v) is 8.51. The lowest BCUT2D eigenvalue weighted by Crippen LogP contribution is -2.46. The molecule has 2 heterocycles. The number of hydrogen-bond acceptors (Lipinski definition) is 6. The first-order valence-corrected chi connectivity index (χ1v) is 11.2. The zero-order valence-electron chi connectivity index (χ0n) is 19.0. The van der Waals surface area contributed by atoms with E-state index >= 15 is 0 Å². The van der Waals surface area contributed by atoms with E-state index in [-0.39, 0.29) is 31.1 Å². The van der Waals surface area contributed by atoms with Crippen LogP contribution in [-0.4, -0.2) is 45.7 Å². The average Bonchev–Trinajstić information content (AvgIpc) is 3.24. The molecule has 9 heteroatoms. The number of hydrogen-bond donors (Lipinski definition) is 2. The van der Waals surface area contributed by atoms with Crippen LogP contribution >= 0.6 is 0 Å². The Morgan fingerprint density at radius 1 is 1.24 bits per heavy atom. The van der Waals surface area contributed by atoms with Crippen molar-refractivity contribution in [1.82, 2.24) is 20.2 Å². The van der Waals surface area contributed by atoms with Crippen LogP contribution in [0.25, 0.3) is 0 Å². The van der Waals surface area contributed by atoms with Gasteiger partial charge in [-0.2, -0.15) is 0 Å². The highest BCUT2D eigenvalue weighted by molar-refractivity contribution is 6.37. The van der Waals surface area contributed by atoms with Crippen LogP contribution in [0.1, 0.15) is 38.1 Å². The quantitative estimate of drug-likeness (QED) is 0.618. The molecule has 0 fully saturated rings. The molecule has 1 aliphatic heterocycles. The zero-order chi connectivity index (χ0) is 23.8. The molecule has 0 saturated carbocycles. The van der Waals surface area contributed by atoms with E-state index in [1.54, 1.807) is 20.0 Å². The minimum atomic E-state index is -0.861. The predicted molar refractivity (Wildman–Crippen MR) is 120 cm³/mol. The highest BCUT2D eigenvalue weighted by atomic mass is 16.5. The van der Waals surface area contributed by atoms with Gasteiger partial charge in [-0.05, 0) is 17.9 Å². The van der Waals surface area contributed by atoms with Crippen molar-refractivity contribution in [3.63, 3.8) is 0 Å². The SMILES string of the molecule is CC(C)C(NC(=O)OCc1ccccc1)C(=O)CC1Cc2nccn2CCCNC(=O)C1=O. The lowest BCUT2D eigenvalue weighted by Gasteiger charge is -2.24. The molecular weight excluding hydrogens is 424 g/mol. The molecule has 3 rings (SSSR count). The van der Waals surface area contributed by atoms with Gasteiger partial charge in [0.1, 0.15) is 12.4 Å². The summed E-state index contributed by atoms with van der Waals surface area (Å²) in [6.45, 7) is 4.71. The number of carbonyl (C=O) groups excluding carboxylic acids is 4. The van der Waals surface area contributed by atoms with E-state index in [4.69, 9.17) is 4.74 Å². The van der Waals surface area contributed by atoms with Gasteiger partial charge in [0.15, 0.2) is 5.78 Å². The summed E-state index contributed by atoms with van der Waals surface area (Å²) in [5.74, 6) is -2.10. The summed E-state index contributed by atoms with van der Waals surface area (Å²) in [7, 11) is 0. The number of nitrogens with zero attached hydrogens (tertiary/aromatic N) is 2. The van der Waals surface area contributed by atoms with Crippen molar-refractivity contribution in [2.75, 3.05) is 6.54 Å². The number of benzene rings is 1. The van der Waals surface area contributed by atoms with Crippen LogP contribution in [0.2, 0.25) is 0 Å². The molecule has 0 saturated heterocycles. The van der Waals surface area contributed by atoms with Gasteiger partial charge < -0.3 is 19.9 Å². The maximum Gasteiger partial charge on any atom is 0.408 e. The Balaban J connectivity index is 1.67. The Labute approximate surface area is 192 Å². The number of Topliss-reactive ketones (excluding diaryl/α,β-unsaturated/α-hetero) is 2. The number of ketones is 2. The third-order valence-corrected chi connectivity index (χ3v) is 5.63. The summed E-state index contributed by atoms with van der Waals surface area (Å²) in [6.07, 6.45) is 3.43. The fourth-order valence-corrected chi connectivity index (χ4v) is 3.82. The van der Waals surface area contributed by atoms with E-state index in [1.807, 2.05) is 41.1 Å². The Bertz CT molecular complexity index is 986. The van der Waals surface area contributed by atoms with Crippen molar-refractivity contribution in [2.24, 2.45) is 11.8 Å². The van der Waals surface area contributed by atoms with Crippen LogP contribution < -0.4 is 10.6 Å². The lowest BCUT2D eigenvalue weighted by atomic mass is 9.88. The van der Waals surface area contributed by atoms with Crippen LogP contribution in [0.15, 0.2) is 42.7 Å². The minimum Gasteiger partial charge on any atom is -0.445 e. The number of imidazole rings is 1. The van der Waals surface area contributed by atoms with E-state index in [1.165, 1.54) is 0 Å².